The van der Waals surface area contributed by atoms with E-state index in [1.54, 1.807) is 24.3 Å². The van der Waals surface area contributed by atoms with E-state index in [1.807, 2.05) is 51.2 Å². The van der Waals surface area contributed by atoms with E-state index >= 15 is 0 Å². The molecule has 0 aliphatic carbocycles. The van der Waals surface area contributed by atoms with Crippen LogP contribution in [0, 0.1) is 14.3 Å². The lowest BCUT2D eigenvalue weighted by Crippen LogP contribution is -1.97. The van der Waals surface area contributed by atoms with Crippen LogP contribution in [0.1, 0.15) is 15.9 Å². The van der Waals surface area contributed by atoms with Gasteiger partial charge in [0, 0.05) is 12.7 Å². The van der Waals surface area contributed by atoms with Gasteiger partial charge in [0.05, 0.1) is 12.7 Å². The second-order valence-electron chi connectivity index (χ2n) is 4.31. The molecule has 2 N–H and O–H groups in total. The topological polar surface area (TPSA) is 57.5 Å². The second-order valence-corrected chi connectivity index (χ2v) is 9.12. The van der Waals surface area contributed by atoms with E-state index in [2.05, 4.69) is 45.2 Å². The van der Waals surface area contributed by atoms with Crippen LogP contribution in [-0.4, -0.2) is 16.0 Å². The molecule has 0 aromatic heterocycles. The molecule has 0 atom stereocenters. The number of halogens is 4. The predicted molar refractivity (Wildman–Crippen MR) is 120 cm³/mol. The van der Waals surface area contributed by atoms with Crippen molar-refractivity contribution in [1.29, 1.82) is 0 Å². The third kappa shape index (κ3) is 4.47. The van der Waals surface area contributed by atoms with Crippen LogP contribution in [0.3, 0.4) is 0 Å². The van der Waals surface area contributed by atoms with Crippen LogP contribution in [0.15, 0.2) is 30.3 Å². The molecule has 0 fully saturated rings. The summed E-state index contributed by atoms with van der Waals surface area (Å²) in [7, 11) is 0. The summed E-state index contributed by atoms with van der Waals surface area (Å²) in [6.45, 7) is 0. The van der Waals surface area contributed by atoms with Crippen LogP contribution in [0.25, 0.3) is 6.08 Å². The number of benzene rings is 2. The van der Waals surface area contributed by atoms with E-state index in [9.17, 15) is 15.0 Å². The molecule has 0 saturated heterocycles. The molecule has 0 radical (unpaired) electrons. The smallest absolute Gasteiger partial charge is 0.189 e. The van der Waals surface area contributed by atoms with Crippen LogP contribution in [0.5, 0.6) is 11.5 Å². The molecule has 7 heteroatoms. The van der Waals surface area contributed by atoms with Crippen molar-refractivity contribution in [2.75, 3.05) is 0 Å². The number of carbonyl (C=O) groups is 1. The molecular formula is C15H8I4O3. The highest BCUT2D eigenvalue weighted by Gasteiger charge is 2.13. The standard InChI is InChI=1S/C15H8I4O3/c16-8-3-7(14(21)11(18)5-8)1-2-13(20)10-4-9(17)6-12(19)15(10)22/h1-6,21-22H. The lowest BCUT2D eigenvalue weighted by atomic mass is 10.1. The van der Waals surface area contributed by atoms with Gasteiger partial charge in [0.15, 0.2) is 5.78 Å². The van der Waals surface area contributed by atoms with Gasteiger partial charge in [-0.3, -0.25) is 4.79 Å². The molecule has 114 valence electrons. The van der Waals surface area contributed by atoms with Crippen molar-refractivity contribution >= 4 is 102 Å². The van der Waals surface area contributed by atoms with Crippen LogP contribution >= 0.6 is 90.4 Å². The largest absolute Gasteiger partial charge is 0.506 e. The summed E-state index contributed by atoms with van der Waals surface area (Å²) in [6.07, 6.45) is 2.93. The molecule has 0 unspecified atom stereocenters. The Balaban J connectivity index is 2.37. The van der Waals surface area contributed by atoms with Gasteiger partial charge < -0.3 is 10.2 Å². The van der Waals surface area contributed by atoms with E-state index in [-0.39, 0.29) is 22.8 Å². The average Bonchev–Trinajstić information content (AvgIpc) is 2.44. The highest BCUT2D eigenvalue weighted by molar-refractivity contribution is 14.1. The fourth-order valence-electron chi connectivity index (χ4n) is 1.72. The molecule has 2 aromatic carbocycles. The SMILES string of the molecule is O=C(C=Cc1cc(I)cc(I)c1O)c1cc(I)cc(I)c1O. The van der Waals surface area contributed by atoms with E-state index in [1.165, 1.54) is 6.08 Å². The van der Waals surface area contributed by atoms with Crippen molar-refractivity contribution in [2.24, 2.45) is 0 Å². The molecule has 2 rings (SSSR count). The van der Waals surface area contributed by atoms with Crippen LogP contribution in [0.2, 0.25) is 0 Å². The van der Waals surface area contributed by atoms with Gasteiger partial charge in [0.1, 0.15) is 11.5 Å². The molecule has 0 heterocycles. The molecule has 0 bridgehead atoms. The normalized spacial score (nSPS) is 11.1. The Labute approximate surface area is 182 Å². The molecule has 22 heavy (non-hydrogen) atoms. The minimum Gasteiger partial charge on any atom is -0.506 e. The fraction of sp³-hybridized carbons (Fsp3) is 0. The number of rotatable bonds is 3. The van der Waals surface area contributed by atoms with Gasteiger partial charge in [-0.05, 0) is 127 Å². The Morgan fingerprint density at radius 1 is 0.864 bits per heavy atom. The summed E-state index contributed by atoms with van der Waals surface area (Å²) in [6, 6.07) is 7.08. The number of ketones is 1. The van der Waals surface area contributed by atoms with E-state index in [4.69, 9.17) is 0 Å². The maximum atomic E-state index is 12.3. The number of phenolic OH excluding ortho intramolecular Hbond substituents is 2. The van der Waals surface area contributed by atoms with Crippen LogP contribution < -0.4 is 0 Å². The Bertz CT molecular complexity index is 785. The molecule has 0 amide bonds. The van der Waals surface area contributed by atoms with Gasteiger partial charge in [-0.2, -0.15) is 0 Å². The van der Waals surface area contributed by atoms with E-state index in [0.29, 0.717) is 9.13 Å². The Kier molecular flexibility index (Phi) is 6.77. The summed E-state index contributed by atoms with van der Waals surface area (Å²) in [5.41, 5.74) is 0.830. The quantitative estimate of drug-likeness (QED) is 0.251. The number of aromatic hydroxyl groups is 2. The second kappa shape index (κ2) is 7.96. The van der Waals surface area contributed by atoms with Crippen molar-refractivity contribution < 1.29 is 15.0 Å². The zero-order valence-electron chi connectivity index (χ0n) is 10.8. The maximum Gasteiger partial charge on any atom is 0.189 e. The number of hydrogen-bond donors (Lipinski definition) is 2. The molecule has 3 nitrogen and oxygen atoms in total. The molecule has 0 spiro atoms. The number of carbonyl (C=O) groups excluding carboxylic acids is 1. The van der Waals surface area contributed by atoms with E-state index < -0.39 is 0 Å². The van der Waals surface area contributed by atoms with Crippen molar-refractivity contribution in [3.05, 3.63) is 55.7 Å². The molecule has 0 aliphatic rings. The zero-order chi connectivity index (χ0) is 16.4. The Morgan fingerprint density at radius 3 is 2.05 bits per heavy atom. The highest BCUT2D eigenvalue weighted by Crippen LogP contribution is 2.30. The monoisotopic (exact) mass is 744 g/mol. The summed E-state index contributed by atoms with van der Waals surface area (Å²) in [4.78, 5) is 12.3. The van der Waals surface area contributed by atoms with Crippen LogP contribution in [0.4, 0.5) is 0 Å². The van der Waals surface area contributed by atoms with Gasteiger partial charge in [-0.15, -0.1) is 0 Å². The fourth-order valence-corrected chi connectivity index (χ4v) is 5.46. The lowest BCUT2D eigenvalue weighted by molar-refractivity contribution is 0.104. The molecule has 2 aromatic rings. The number of hydrogen-bond acceptors (Lipinski definition) is 3. The molecule has 0 saturated carbocycles. The van der Waals surface area contributed by atoms with Gasteiger partial charge >= 0.3 is 0 Å². The van der Waals surface area contributed by atoms with Crippen molar-refractivity contribution in [3.8, 4) is 11.5 Å². The molecular weight excluding hydrogens is 736 g/mol. The Morgan fingerprint density at radius 2 is 1.41 bits per heavy atom. The summed E-state index contributed by atoms with van der Waals surface area (Å²) >= 11 is 8.29. The third-order valence-corrected chi connectivity index (χ3v) is 5.66. The first kappa shape index (κ1) is 18.7. The first-order chi connectivity index (χ1) is 10.3. The Hall–Kier alpha value is 0.370. The maximum absolute atomic E-state index is 12.3. The predicted octanol–water partition coefficient (Wildman–Crippen LogP) is 5.41. The van der Waals surface area contributed by atoms with Gasteiger partial charge in [-0.1, -0.05) is 0 Å². The highest BCUT2D eigenvalue weighted by atomic mass is 127. The van der Waals surface area contributed by atoms with Crippen molar-refractivity contribution in [3.63, 3.8) is 0 Å². The summed E-state index contributed by atoms with van der Waals surface area (Å²) in [5, 5.41) is 20.0. The van der Waals surface area contributed by atoms with Crippen molar-refractivity contribution in [1.82, 2.24) is 0 Å². The van der Waals surface area contributed by atoms with Crippen molar-refractivity contribution in [2.45, 2.75) is 0 Å². The minimum atomic E-state index is -0.304. The van der Waals surface area contributed by atoms with E-state index in [0.717, 1.165) is 10.7 Å². The summed E-state index contributed by atoms with van der Waals surface area (Å²) in [5.74, 6) is -0.175. The summed E-state index contributed by atoms with van der Waals surface area (Å²) < 4.78 is 3.21. The van der Waals surface area contributed by atoms with Gasteiger partial charge in [0.2, 0.25) is 0 Å². The first-order valence-corrected chi connectivity index (χ1v) is 10.2. The van der Waals surface area contributed by atoms with Gasteiger partial charge in [0.25, 0.3) is 0 Å². The number of phenols is 2. The average molecular weight is 744 g/mol. The lowest BCUT2D eigenvalue weighted by Gasteiger charge is -2.05. The third-order valence-electron chi connectivity index (χ3n) is 2.77. The van der Waals surface area contributed by atoms with Crippen LogP contribution in [-0.2, 0) is 0 Å². The zero-order valence-corrected chi connectivity index (χ0v) is 19.4. The number of allylic oxidation sites excluding steroid dienone is 1. The van der Waals surface area contributed by atoms with Gasteiger partial charge in [-0.25, -0.2) is 0 Å². The molecule has 0 aliphatic heterocycles. The minimum absolute atomic E-state index is 0.0166. The first-order valence-electron chi connectivity index (χ1n) is 5.88.